The molecule has 0 unspecified atom stereocenters. The first-order valence-electron chi connectivity index (χ1n) is 9.10. The third kappa shape index (κ3) is 3.71. The fourth-order valence-corrected chi connectivity index (χ4v) is 3.84. The summed E-state index contributed by atoms with van der Waals surface area (Å²) in [6, 6.07) is 14.9. The van der Waals surface area contributed by atoms with E-state index in [-0.39, 0.29) is 5.56 Å². The number of benzene rings is 2. The number of rotatable bonds is 8. The predicted octanol–water partition coefficient (Wildman–Crippen LogP) is 3.41. The van der Waals surface area contributed by atoms with Crippen molar-refractivity contribution >= 4 is 28.4 Å². The summed E-state index contributed by atoms with van der Waals surface area (Å²) in [5.41, 5.74) is 0.691. The number of ether oxygens (including phenoxy) is 2. The maximum absolute atomic E-state index is 12.8. The maximum atomic E-state index is 12.8. The first-order chi connectivity index (χ1) is 14.2. The van der Waals surface area contributed by atoms with Crippen molar-refractivity contribution in [2.45, 2.75) is 11.7 Å². The second-order valence-electron chi connectivity index (χ2n) is 6.21. The molecule has 0 aliphatic heterocycles. The summed E-state index contributed by atoms with van der Waals surface area (Å²) in [5.74, 6) is 2.76. The van der Waals surface area contributed by atoms with Crippen molar-refractivity contribution in [3.8, 4) is 11.5 Å². The molecule has 29 heavy (non-hydrogen) atoms. The Morgan fingerprint density at radius 1 is 1.10 bits per heavy atom. The predicted molar refractivity (Wildman–Crippen MR) is 114 cm³/mol. The molecule has 0 bridgehead atoms. The van der Waals surface area contributed by atoms with Crippen molar-refractivity contribution in [2.75, 3.05) is 19.5 Å². The molecule has 0 N–H and O–H groups in total. The van der Waals surface area contributed by atoms with E-state index in [1.807, 2.05) is 52.9 Å². The molecule has 2 aromatic carbocycles. The fourth-order valence-electron chi connectivity index (χ4n) is 3.09. The number of hydrogen-bond donors (Lipinski definition) is 0. The van der Waals surface area contributed by atoms with Crippen LogP contribution in [0.5, 0.6) is 11.5 Å². The Hall–Kier alpha value is -3.26. The number of allylic oxidation sites excluding steroid dienone is 1. The molecule has 0 fully saturated rings. The zero-order chi connectivity index (χ0) is 20.2. The second-order valence-corrected chi connectivity index (χ2v) is 7.27. The average Bonchev–Trinajstić information content (AvgIpc) is 3.18. The van der Waals surface area contributed by atoms with Gasteiger partial charge in [0.05, 0.1) is 24.6 Å². The van der Waals surface area contributed by atoms with Gasteiger partial charge in [0.1, 0.15) is 11.5 Å². The standard InChI is InChI=1S/C21H20N4O3S/c1-3-12-24-19(26)17-6-4-5-7-18(17)25-20(24)22-23-21(25)29-14-13-28-16-10-8-15(27-2)9-11-16/h3-11H,1,12-14H2,2H3. The third-order valence-corrected chi connectivity index (χ3v) is 5.33. The van der Waals surface area contributed by atoms with Gasteiger partial charge < -0.3 is 9.47 Å². The van der Waals surface area contributed by atoms with Gasteiger partial charge in [-0.25, -0.2) is 0 Å². The molecule has 0 radical (unpaired) electrons. The molecule has 0 saturated carbocycles. The molecule has 0 spiro atoms. The Kier molecular flexibility index (Phi) is 5.53. The Bertz CT molecular complexity index is 1210. The largest absolute Gasteiger partial charge is 0.497 e. The summed E-state index contributed by atoms with van der Waals surface area (Å²) < 4.78 is 14.4. The van der Waals surface area contributed by atoms with E-state index in [0.717, 1.165) is 17.0 Å². The molecule has 7 nitrogen and oxygen atoms in total. The van der Waals surface area contributed by atoms with Crippen LogP contribution in [0.2, 0.25) is 0 Å². The summed E-state index contributed by atoms with van der Waals surface area (Å²) in [4.78, 5) is 12.8. The van der Waals surface area contributed by atoms with E-state index >= 15 is 0 Å². The molecule has 0 atom stereocenters. The van der Waals surface area contributed by atoms with Gasteiger partial charge in [-0.3, -0.25) is 13.8 Å². The first kappa shape index (κ1) is 19.1. The number of para-hydroxylation sites is 1. The number of thioether (sulfide) groups is 1. The molecule has 8 heteroatoms. The van der Waals surface area contributed by atoms with Crippen LogP contribution in [-0.2, 0) is 6.54 Å². The molecular weight excluding hydrogens is 388 g/mol. The van der Waals surface area contributed by atoms with Crippen LogP contribution in [0.4, 0.5) is 0 Å². The third-order valence-electron chi connectivity index (χ3n) is 4.43. The minimum atomic E-state index is -0.0974. The molecule has 148 valence electrons. The lowest BCUT2D eigenvalue weighted by Crippen LogP contribution is -2.22. The highest BCUT2D eigenvalue weighted by atomic mass is 32.2. The molecule has 2 heterocycles. The molecule has 0 amide bonds. The molecule has 0 aliphatic carbocycles. The van der Waals surface area contributed by atoms with Gasteiger partial charge in [0.25, 0.3) is 5.56 Å². The van der Waals surface area contributed by atoms with E-state index in [2.05, 4.69) is 16.8 Å². The zero-order valence-electron chi connectivity index (χ0n) is 15.9. The van der Waals surface area contributed by atoms with Crippen molar-refractivity contribution in [1.82, 2.24) is 19.2 Å². The van der Waals surface area contributed by atoms with E-state index in [1.54, 1.807) is 17.8 Å². The normalized spacial score (nSPS) is 11.1. The van der Waals surface area contributed by atoms with Gasteiger partial charge in [-0.2, -0.15) is 0 Å². The topological polar surface area (TPSA) is 70.7 Å². The van der Waals surface area contributed by atoms with Crippen LogP contribution in [0.1, 0.15) is 0 Å². The number of hydrogen-bond acceptors (Lipinski definition) is 6. The minimum Gasteiger partial charge on any atom is -0.497 e. The van der Waals surface area contributed by atoms with Gasteiger partial charge in [-0.05, 0) is 36.4 Å². The van der Waals surface area contributed by atoms with E-state index < -0.39 is 0 Å². The highest BCUT2D eigenvalue weighted by Crippen LogP contribution is 2.22. The summed E-state index contributed by atoms with van der Waals surface area (Å²) in [6.07, 6.45) is 1.68. The van der Waals surface area contributed by atoms with Gasteiger partial charge in [-0.15, -0.1) is 16.8 Å². The smallest absolute Gasteiger partial charge is 0.263 e. The monoisotopic (exact) mass is 408 g/mol. The lowest BCUT2D eigenvalue weighted by Gasteiger charge is -2.10. The van der Waals surface area contributed by atoms with Crippen LogP contribution in [0.15, 0.2) is 71.1 Å². The van der Waals surface area contributed by atoms with Crippen molar-refractivity contribution in [1.29, 1.82) is 0 Å². The Balaban J connectivity index is 1.57. The van der Waals surface area contributed by atoms with E-state index in [0.29, 0.717) is 35.2 Å². The number of methoxy groups -OCH3 is 1. The van der Waals surface area contributed by atoms with E-state index in [1.165, 1.54) is 11.8 Å². The zero-order valence-corrected chi connectivity index (χ0v) is 16.8. The molecule has 0 aliphatic rings. The highest BCUT2D eigenvalue weighted by Gasteiger charge is 2.16. The van der Waals surface area contributed by atoms with Crippen molar-refractivity contribution in [2.24, 2.45) is 0 Å². The van der Waals surface area contributed by atoms with Crippen LogP contribution in [0.3, 0.4) is 0 Å². The minimum absolute atomic E-state index is 0.0974. The quantitative estimate of drug-likeness (QED) is 0.253. The van der Waals surface area contributed by atoms with Crippen LogP contribution in [0, 0.1) is 0 Å². The van der Waals surface area contributed by atoms with Crippen molar-refractivity contribution in [3.63, 3.8) is 0 Å². The van der Waals surface area contributed by atoms with E-state index in [4.69, 9.17) is 9.47 Å². The molecule has 2 aromatic heterocycles. The summed E-state index contributed by atoms with van der Waals surface area (Å²) in [6.45, 7) is 4.63. The number of nitrogens with zero attached hydrogens (tertiary/aromatic N) is 4. The summed E-state index contributed by atoms with van der Waals surface area (Å²) >= 11 is 1.53. The van der Waals surface area contributed by atoms with Crippen LogP contribution in [-0.4, -0.2) is 38.6 Å². The summed E-state index contributed by atoms with van der Waals surface area (Å²) in [5, 5.41) is 9.90. The average molecular weight is 408 g/mol. The van der Waals surface area contributed by atoms with Crippen molar-refractivity contribution < 1.29 is 9.47 Å². The van der Waals surface area contributed by atoms with Gasteiger partial charge in [-0.1, -0.05) is 30.0 Å². The van der Waals surface area contributed by atoms with Crippen LogP contribution >= 0.6 is 11.8 Å². The molecule has 4 aromatic rings. The summed E-state index contributed by atoms with van der Waals surface area (Å²) in [7, 11) is 1.63. The molecular formula is C21H20N4O3S. The van der Waals surface area contributed by atoms with Gasteiger partial charge >= 0.3 is 0 Å². The van der Waals surface area contributed by atoms with Crippen LogP contribution in [0.25, 0.3) is 16.7 Å². The lowest BCUT2D eigenvalue weighted by molar-refractivity contribution is 0.342. The Labute approximate surface area is 171 Å². The van der Waals surface area contributed by atoms with Gasteiger partial charge in [0.15, 0.2) is 5.16 Å². The highest BCUT2D eigenvalue weighted by molar-refractivity contribution is 7.99. The fraction of sp³-hybridized carbons (Fsp3) is 0.190. The van der Waals surface area contributed by atoms with Crippen molar-refractivity contribution in [3.05, 3.63) is 71.5 Å². The first-order valence-corrected chi connectivity index (χ1v) is 10.1. The molecule has 0 saturated heterocycles. The lowest BCUT2D eigenvalue weighted by atomic mass is 10.2. The number of fused-ring (bicyclic) bond motifs is 3. The second kappa shape index (κ2) is 8.40. The Morgan fingerprint density at radius 3 is 2.62 bits per heavy atom. The maximum Gasteiger partial charge on any atom is 0.263 e. The van der Waals surface area contributed by atoms with Gasteiger partial charge in [0, 0.05) is 12.3 Å². The Morgan fingerprint density at radius 2 is 1.86 bits per heavy atom. The number of aromatic nitrogens is 4. The van der Waals surface area contributed by atoms with Gasteiger partial charge in [0.2, 0.25) is 5.78 Å². The van der Waals surface area contributed by atoms with Crippen LogP contribution < -0.4 is 15.0 Å². The molecule has 4 rings (SSSR count). The SMILES string of the molecule is C=CCn1c(=O)c2ccccc2n2c(SCCOc3ccc(OC)cc3)nnc12. The van der Waals surface area contributed by atoms with E-state index in [9.17, 15) is 4.79 Å².